The number of furan rings is 1. The Balaban J connectivity index is 1.61. The molecular formula is C18H16N4O3. The van der Waals surface area contributed by atoms with E-state index < -0.39 is 0 Å². The Kier molecular flexibility index (Phi) is 3.81. The number of hydrogen-bond donors (Lipinski definition) is 1. The Labute approximate surface area is 143 Å². The molecule has 0 fully saturated rings. The van der Waals surface area contributed by atoms with Gasteiger partial charge in [-0.1, -0.05) is 18.2 Å². The summed E-state index contributed by atoms with van der Waals surface area (Å²) in [5, 5.41) is 8.82. The molecule has 2 heterocycles. The van der Waals surface area contributed by atoms with Crippen LogP contribution in [0.1, 0.15) is 6.42 Å². The number of methoxy groups -OCH3 is 1. The van der Waals surface area contributed by atoms with Crippen molar-refractivity contribution in [3.63, 3.8) is 0 Å². The maximum atomic E-state index is 12.2. The highest BCUT2D eigenvalue weighted by molar-refractivity contribution is 6.07. The Morgan fingerprint density at radius 1 is 1.24 bits per heavy atom. The highest BCUT2D eigenvalue weighted by atomic mass is 16.5. The Bertz CT molecular complexity index is 1040. The zero-order valence-electron chi connectivity index (χ0n) is 13.6. The summed E-state index contributed by atoms with van der Waals surface area (Å²) in [6, 6.07) is 11.5. The largest absolute Gasteiger partial charge is 0.495 e. The van der Waals surface area contributed by atoms with Crippen LogP contribution in [0.5, 0.6) is 5.75 Å². The number of aryl methyl sites for hydroxylation is 1. The van der Waals surface area contributed by atoms with Crippen LogP contribution in [0.25, 0.3) is 21.9 Å². The molecule has 126 valence electrons. The van der Waals surface area contributed by atoms with Gasteiger partial charge in [0.25, 0.3) is 0 Å². The molecule has 0 aliphatic rings. The van der Waals surface area contributed by atoms with Gasteiger partial charge in [0.15, 0.2) is 0 Å². The first-order valence-corrected chi connectivity index (χ1v) is 7.86. The maximum absolute atomic E-state index is 12.2. The van der Waals surface area contributed by atoms with Crippen molar-refractivity contribution in [1.29, 1.82) is 0 Å². The van der Waals surface area contributed by atoms with E-state index in [1.54, 1.807) is 24.2 Å². The van der Waals surface area contributed by atoms with Gasteiger partial charge >= 0.3 is 0 Å². The topological polar surface area (TPSA) is 82.2 Å². The van der Waals surface area contributed by atoms with Crippen LogP contribution in [0.2, 0.25) is 0 Å². The van der Waals surface area contributed by atoms with Crippen molar-refractivity contribution in [2.24, 2.45) is 0 Å². The molecule has 7 nitrogen and oxygen atoms in total. The number of fused-ring (bicyclic) bond motifs is 3. The van der Waals surface area contributed by atoms with Crippen molar-refractivity contribution in [1.82, 2.24) is 14.8 Å². The number of aromatic nitrogens is 3. The van der Waals surface area contributed by atoms with E-state index in [0.717, 1.165) is 16.4 Å². The highest BCUT2D eigenvalue weighted by Gasteiger charge is 2.14. The normalized spacial score (nSPS) is 11.1. The van der Waals surface area contributed by atoms with Crippen LogP contribution >= 0.6 is 0 Å². The molecule has 0 unspecified atom stereocenters. The summed E-state index contributed by atoms with van der Waals surface area (Å²) in [7, 11) is 1.58. The highest BCUT2D eigenvalue weighted by Crippen LogP contribution is 2.36. The zero-order chi connectivity index (χ0) is 17.2. The third kappa shape index (κ3) is 2.91. The molecule has 0 aliphatic carbocycles. The van der Waals surface area contributed by atoms with E-state index in [1.807, 2.05) is 30.3 Å². The first-order valence-electron chi connectivity index (χ1n) is 7.86. The molecule has 25 heavy (non-hydrogen) atoms. The van der Waals surface area contributed by atoms with Gasteiger partial charge < -0.3 is 14.5 Å². The lowest BCUT2D eigenvalue weighted by Crippen LogP contribution is -2.15. The van der Waals surface area contributed by atoms with Gasteiger partial charge in [0.1, 0.15) is 29.6 Å². The van der Waals surface area contributed by atoms with Crippen molar-refractivity contribution < 1.29 is 13.9 Å². The first kappa shape index (κ1) is 15.2. The summed E-state index contributed by atoms with van der Waals surface area (Å²) in [6.07, 6.45) is 3.30. The third-order valence-corrected chi connectivity index (χ3v) is 4.01. The molecule has 0 atom stereocenters. The predicted molar refractivity (Wildman–Crippen MR) is 93.5 cm³/mol. The Hall–Kier alpha value is -3.35. The minimum Gasteiger partial charge on any atom is -0.495 e. The number of rotatable bonds is 5. The standard InChI is InChI=1S/C18H16N4O3/c1-24-17-8-13-12-4-2-3-5-15(12)25-16(13)9-14(17)21-18(23)6-7-22-11-19-10-20-22/h2-5,8-11H,6-7H2,1H3,(H,21,23). The van der Waals surface area contributed by atoms with Crippen molar-refractivity contribution in [2.45, 2.75) is 13.0 Å². The number of carbonyl (C=O) groups is 1. The number of nitrogens with one attached hydrogen (secondary N) is 1. The minimum absolute atomic E-state index is 0.135. The molecule has 0 radical (unpaired) electrons. The van der Waals surface area contributed by atoms with Crippen LogP contribution < -0.4 is 10.1 Å². The van der Waals surface area contributed by atoms with Gasteiger partial charge in [-0.25, -0.2) is 4.98 Å². The maximum Gasteiger partial charge on any atom is 0.226 e. The third-order valence-electron chi connectivity index (χ3n) is 4.01. The molecule has 0 spiro atoms. The molecule has 4 aromatic rings. The van der Waals surface area contributed by atoms with Gasteiger partial charge in [-0.2, -0.15) is 5.10 Å². The number of para-hydroxylation sites is 1. The summed E-state index contributed by atoms with van der Waals surface area (Å²) >= 11 is 0. The van der Waals surface area contributed by atoms with E-state index in [9.17, 15) is 4.79 Å². The predicted octanol–water partition coefficient (Wildman–Crippen LogP) is 3.21. The number of nitrogens with zero attached hydrogens (tertiary/aromatic N) is 3. The average molecular weight is 336 g/mol. The van der Waals surface area contributed by atoms with E-state index in [-0.39, 0.29) is 12.3 Å². The van der Waals surface area contributed by atoms with Gasteiger partial charge in [0, 0.05) is 23.3 Å². The van der Waals surface area contributed by atoms with Crippen molar-refractivity contribution in [3.8, 4) is 5.75 Å². The molecule has 0 saturated carbocycles. The number of carbonyl (C=O) groups excluding carboxylic acids is 1. The van der Waals surface area contributed by atoms with Gasteiger partial charge in [0.2, 0.25) is 5.91 Å². The second-order valence-corrected chi connectivity index (χ2v) is 5.60. The van der Waals surface area contributed by atoms with Crippen LogP contribution in [0.4, 0.5) is 5.69 Å². The van der Waals surface area contributed by atoms with Crippen molar-refractivity contribution in [3.05, 3.63) is 49.1 Å². The molecule has 1 amide bonds. The second-order valence-electron chi connectivity index (χ2n) is 5.60. The lowest BCUT2D eigenvalue weighted by molar-refractivity contribution is -0.116. The number of amides is 1. The van der Waals surface area contributed by atoms with Crippen LogP contribution in [0, 0.1) is 0 Å². The monoisotopic (exact) mass is 336 g/mol. The molecule has 7 heteroatoms. The summed E-state index contributed by atoms with van der Waals surface area (Å²) in [6.45, 7) is 0.459. The molecule has 2 aromatic carbocycles. The van der Waals surface area contributed by atoms with Crippen molar-refractivity contribution >= 4 is 33.5 Å². The van der Waals surface area contributed by atoms with Crippen LogP contribution in [0.15, 0.2) is 53.5 Å². The number of benzene rings is 2. The summed E-state index contributed by atoms with van der Waals surface area (Å²) in [5.74, 6) is 0.456. The first-order chi connectivity index (χ1) is 12.2. The molecule has 4 rings (SSSR count). The smallest absolute Gasteiger partial charge is 0.226 e. The minimum atomic E-state index is -0.135. The van der Waals surface area contributed by atoms with E-state index in [1.165, 1.54) is 6.33 Å². The lowest BCUT2D eigenvalue weighted by atomic mass is 10.1. The quantitative estimate of drug-likeness (QED) is 0.605. The summed E-state index contributed by atoms with van der Waals surface area (Å²) in [5.41, 5.74) is 2.08. The molecular weight excluding hydrogens is 320 g/mol. The van der Waals surface area contributed by atoms with Gasteiger partial charge in [-0.15, -0.1) is 0 Å². The fourth-order valence-electron chi connectivity index (χ4n) is 2.80. The zero-order valence-corrected chi connectivity index (χ0v) is 13.6. The summed E-state index contributed by atoms with van der Waals surface area (Å²) in [4.78, 5) is 16.1. The second kappa shape index (κ2) is 6.27. The number of ether oxygens (including phenoxy) is 1. The molecule has 0 bridgehead atoms. The van der Waals surface area contributed by atoms with Gasteiger partial charge in [0.05, 0.1) is 19.3 Å². The Morgan fingerprint density at radius 2 is 2.12 bits per heavy atom. The Morgan fingerprint density at radius 3 is 2.92 bits per heavy atom. The molecule has 0 aliphatic heterocycles. The van der Waals surface area contributed by atoms with Gasteiger partial charge in [-0.05, 0) is 12.1 Å². The fraction of sp³-hybridized carbons (Fsp3) is 0.167. The molecule has 0 saturated heterocycles. The van der Waals surface area contributed by atoms with E-state index in [0.29, 0.717) is 23.6 Å². The SMILES string of the molecule is COc1cc2c(cc1NC(=O)CCn1cncn1)oc1ccccc12. The van der Waals surface area contributed by atoms with Crippen LogP contribution in [-0.4, -0.2) is 27.8 Å². The number of anilines is 1. The van der Waals surface area contributed by atoms with Crippen LogP contribution in [-0.2, 0) is 11.3 Å². The molecule has 2 aromatic heterocycles. The number of hydrogen-bond acceptors (Lipinski definition) is 5. The fourth-order valence-corrected chi connectivity index (χ4v) is 2.80. The average Bonchev–Trinajstić information content (AvgIpc) is 3.26. The molecule has 1 N–H and O–H groups in total. The summed E-state index contributed by atoms with van der Waals surface area (Å²) < 4.78 is 12.9. The van der Waals surface area contributed by atoms with E-state index in [4.69, 9.17) is 9.15 Å². The van der Waals surface area contributed by atoms with Crippen LogP contribution in [0.3, 0.4) is 0 Å². The van der Waals surface area contributed by atoms with Crippen molar-refractivity contribution in [2.75, 3.05) is 12.4 Å². The van der Waals surface area contributed by atoms with E-state index >= 15 is 0 Å². The van der Waals surface area contributed by atoms with Gasteiger partial charge in [-0.3, -0.25) is 9.48 Å². The lowest BCUT2D eigenvalue weighted by Gasteiger charge is -2.10. The van der Waals surface area contributed by atoms with E-state index in [2.05, 4.69) is 15.4 Å².